The smallest absolute Gasteiger partial charge is 0.123 e. The van der Waals surface area contributed by atoms with Crippen molar-refractivity contribution in [1.82, 2.24) is 0 Å². The predicted molar refractivity (Wildman–Crippen MR) is 448 cm³/mol. The molecule has 4 nitrogen and oxygen atoms in total. The summed E-state index contributed by atoms with van der Waals surface area (Å²) in [4.78, 5) is 4.54. The number of hydrogen-bond acceptors (Lipinski definition) is 4. The second-order valence-electron chi connectivity index (χ2n) is 28.5. The van der Waals surface area contributed by atoms with Crippen LogP contribution in [0.25, 0.3) is 67.8 Å². The summed E-state index contributed by atoms with van der Waals surface area (Å²) in [6, 6.07) is 124. The normalized spacial score (nSPS) is 14.3. The first kappa shape index (κ1) is 69.6. The van der Waals surface area contributed by atoms with Gasteiger partial charge in [-0.15, -0.1) is 0 Å². The lowest BCUT2D eigenvalue weighted by molar-refractivity contribution is 0.306. The Balaban J connectivity index is 0.726. The average Bonchev–Trinajstić information content (AvgIpc) is 1.54. The van der Waals surface area contributed by atoms with Gasteiger partial charge in [0.1, 0.15) is 48.0 Å². The standard InChI is InChI=1S/C104H72F4N2O2/c1-3-69-13-17-71(18-14-69)67-111-93-59-37-81(38-60-93)103(79-33-45-85(107)46-34-79)99-11-7-5-9-95(99)97-63-57-91(65-101(97)103)109(87-49-25-75(26-50-87)73-21-41-83(105)42-22-73)89-53-29-77(30-54-89)78-31-55-90(56-32-78)110(88-51-27-76(28-52-88)74-23-43-84(106)44-24-74)92-58-64-98-96-10-6-8-12-100(96)104(102(98)66-92,80-35-47-86(108)48-36-80)82-39-61-94(62-40-82)112-68-72-19-15-70(4-2)16-20-72/h3-66H,1-2,67-68H2. The molecule has 0 saturated heterocycles. The number of hydrogen-bond donors (Lipinski definition) is 0. The van der Waals surface area contributed by atoms with E-state index in [2.05, 4.69) is 229 Å². The molecule has 2 unspecified atom stereocenters. The molecular weight excluding hydrogens is 1390 g/mol. The van der Waals surface area contributed by atoms with Gasteiger partial charge in [0.05, 0.1) is 10.8 Å². The molecule has 2 aliphatic rings. The second kappa shape index (κ2) is 29.5. The minimum absolute atomic E-state index is 0.299. The SMILES string of the molecule is C=Cc1ccc(COc2ccc(C3(c4ccc(F)cc4)c4ccccc4-c4ccc(N(c5ccc(-c6ccc(F)cc6)cc5)c5ccc(-c6ccc(N(c7ccc(-c8ccc(F)cc8)cc7)c7ccc8c(c7)C(c7ccc(F)cc7)(c7ccc(OCc9ccc(C=C)cc9)cc7)c7ccccc7-8)cc6)cc5)cc43)cc2)cc1. The van der Waals surface area contributed by atoms with E-state index in [1.54, 1.807) is 48.5 Å². The molecule has 0 spiro atoms. The van der Waals surface area contributed by atoms with Crippen LogP contribution in [0.2, 0.25) is 0 Å². The number of ether oxygens (including phenoxy) is 2. The molecular formula is C104H72F4N2O2. The van der Waals surface area contributed by atoms with Crippen LogP contribution in [-0.2, 0) is 24.0 Å². The maximum Gasteiger partial charge on any atom is 0.123 e. The van der Waals surface area contributed by atoms with Gasteiger partial charge in [-0.1, -0.05) is 256 Å². The van der Waals surface area contributed by atoms with Gasteiger partial charge in [-0.05, 0) is 268 Å². The molecule has 2 aliphatic carbocycles. The highest BCUT2D eigenvalue weighted by atomic mass is 19.1. The van der Waals surface area contributed by atoms with E-state index in [0.717, 1.165) is 168 Å². The van der Waals surface area contributed by atoms with E-state index in [1.807, 2.05) is 109 Å². The summed E-state index contributed by atoms with van der Waals surface area (Å²) in [5.74, 6) is 0.190. The predicted octanol–water partition coefficient (Wildman–Crippen LogP) is 27.4. The molecule has 0 aromatic heterocycles. The van der Waals surface area contributed by atoms with Crippen LogP contribution in [0.3, 0.4) is 0 Å². The monoisotopic (exact) mass is 1460 g/mol. The quantitative estimate of drug-likeness (QED) is 0.0670. The van der Waals surface area contributed by atoms with Gasteiger partial charge in [-0.2, -0.15) is 0 Å². The Morgan fingerprint density at radius 1 is 0.250 bits per heavy atom. The van der Waals surface area contributed by atoms with Gasteiger partial charge in [0.2, 0.25) is 0 Å². The summed E-state index contributed by atoms with van der Waals surface area (Å²) in [6.07, 6.45) is 3.65. The van der Waals surface area contributed by atoms with Crippen LogP contribution >= 0.6 is 0 Å². The van der Waals surface area contributed by atoms with E-state index < -0.39 is 10.8 Å². The first-order valence-corrected chi connectivity index (χ1v) is 37.4. The molecule has 2 atom stereocenters. The fourth-order valence-corrected chi connectivity index (χ4v) is 16.6. The molecule has 0 fully saturated rings. The lowest BCUT2D eigenvalue weighted by Gasteiger charge is -2.35. The third-order valence-corrected chi connectivity index (χ3v) is 22.1. The summed E-state index contributed by atoms with van der Waals surface area (Å²) in [7, 11) is 0. The minimum atomic E-state index is -0.892. The van der Waals surface area contributed by atoms with E-state index in [0.29, 0.717) is 13.2 Å². The molecule has 16 aromatic carbocycles. The number of halogens is 4. The third kappa shape index (κ3) is 12.8. The molecule has 538 valence electrons. The molecule has 0 aliphatic heterocycles. The van der Waals surface area contributed by atoms with E-state index in [1.165, 1.54) is 24.3 Å². The fraction of sp³-hybridized carbons (Fsp3) is 0.0385. The van der Waals surface area contributed by atoms with Crippen molar-refractivity contribution in [2.75, 3.05) is 9.80 Å². The zero-order valence-corrected chi connectivity index (χ0v) is 61.0. The second-order valence-corrected chi connectivity index (χ2v) is 28.5. The summed E-state index contributed by atoms with van der Waals surface area (Å²) < 4.78 is 72.1. The molecule has 18 rings (SSSR count). The first-order chi connectivity index (χ1) is 55.0. The van der Waals surface area contributed by atoms with Crippen LogP contribution in [0.15, 0.2) is 389 Å². The summed E-state index contributed by atoms with van der Waals surface area (Å²) >= 11 is 0. The largest absolute Gasteiger partial charge is 0.489 e. The first-order valence-electron chi connectivity index (χ1n) is 37.4. The average molecular weight is 1460 g/mol. The Bertz CT molecular complexity index is 5750. The number of rotatable bonds is 21. The minimum Gasteiger partial charge on any atom is -0.489 e. The van der Waals surface area contributed by atoms with E-state index in [4.69, 9.17) is 9.47 Å². The van der Waals surface area contributed by atoms with Crippen molar-refractivity contribution in [2.24, 2.45) is 0 Å². The van der Waals surface area contributed by atoms with Gasteiger partial charge in [-0.25, -0.2) is 17.6 Å². The Labute approximate surface area is 649 Å². The van der Waals surface area contributed by atoms with Gasteiger partial charge in [0.15, 0.2) is 0 Å². The Kier molecular flexibility index (Phi) is 18.3. The fourth-order valence-electron chi connectivity index (χ4n) is 16.6. The van der Waals surface area contributed by atoms with Crippen LogP contribution in [0.5, 0.6) is 11.5 Å². The van der Waals surface area contributed by atoms with Crippen molar-refractivity contribution in [3.63, 3.8) is 0 Å². The van der Waals surface area contributed by atoms with Gasteiger partial charge in [0.25, 0.3) is 0 Å². The molecule has 0 bridgehead atoms. The summed E-state index contributed by atoms with van der Waals surface area (Å²) in [5.41, 5.74) is 25.7. The van der Waals surface area contributed by atoms with Gasteiger partial charge < -0.3 is 19.3 Å². The Morgan fingerprint density at radius 2 is 0.500 bits per heavy atom. The molecule has 0 heterocycles. The van der Waals surface area contributed by atoms with Crippen molar-refractivity contribution < 1.29 is 27.0 Å². The highest BCUT2D eigenvalue weighted by Crippen LogP contribution is 2.60. The third-order valence-electron chi connectivity index (χ3n) is 22.1. The molecule has 0 N–H and O–H groups in total. The van der Waals surface area contributed by atoms with Crippen molar-refractivity contribution in [2.45, 2.75) is 24.0 Å². The van der Waals surface area contributed by atoms with E-state index >= 15 is 8.78 Å². The van der Waals surface area contributed by atoms with Crippen LogP contribution in [0.4, 0.5) is 51.7 Å². The van der Waals surface area contributed by atoms with E-state index in [-0.39, 0.29) is 23.3 Å². The molecule has 0 radical (unpaired) electrons. The zero-order valence-electron chi connectivity index (χ0n) is 61.0. The molecule has 8 heteroatoms. The summed E-state index contributed by atoms with van der Waals surface area (Å²) in [5, 5.41) is 0. The lowest BCUT2D eigenvalue weighted by atomic mass is 9.67. The van der Waals surface area contributed by atoms with Crippen molar-refractivity contribution in [3.05, 3.63) is 479 Å². The molecule has 0 saturated carbocycles. The van der Waals surface area contributed by atoms with E-state index in [9.17, 15) is 8.78 Å². The van der Waals surface area contributed by atoms with Crippen LogP contribution in [0, 0.1) is 23.3 Å². The van der Waals surface area contributed by atoms with Crippen molar-refractivity contribution in [3.8, 4) is 67.1 Å². The highest BCUT2D eigenvalue weighted by molar-refractivity contribution is 5.93. The lowest BCUT2D eigenvalue weighted by Crippen LogP contribution is -2.29. The summed E-state index contributed by atoms with van der Waals surface area (Å²) in [6.45, 7) is 8.59. The van der Waals surface area contributed by atoms with Crippen LogP contribution in [0.1, 0.15) is 66.8 Å². The van der Waals surface area contributed by atoms with Gasteiger partial charge >= 0.3 is 0 Å². The number of anilines is 6. The zero-order chi connectivity index (χ0) is 75.9. The molecule has 16 aromatic rings. The van der Waals surface area contributed by atoms with Gasteiger partial charge in [0, 0.05) is 34.1 Å². The number of benzene rings is 16. The topological polar surface area (TPSA) is 24.9 Å². The Morgan fingerprint density at radius 3 is 0.795 bits per heavy atom. The van der Waals surface area contributed by atoms with Crippen LogP contribution < -0.4 is 19.3 Å². The molecule has 0 amide bonds. The number of fused-ring (bicyclic) bond motifs is 6. The Hall–Kier alpha value is -14.1. The van der Waals surface area contributed by atoms with Crippen molar-refractivity contribution >= 4 is 46.3 Å². The molecule has 112 heavy (non-hydrogen) atoms. The highest BCUT2D eigenvalue weighted by Gasteiger charge is 2.48. The van der Waals surface area contributed by atoms with Crippen molar-refractivity contribution in [1.29, 1.82) is 0 Å². The number of nitrogens with zero attached hydrogens (tertiary/aromatic N) is 2. The maximum absolute atomic E-state index is 15.3. The maximum atomic E-state index is 15.3. The van der Waals surface area contributed by atoms with Crippen LogP contribution in [-0.4, -0.2) is 0 Å². The van der Waals surface area contributed by atoms with Gasteiger partial charge in [-0.3, -0.25) is 0 Å².